The minimum absolute atomic E-state index is 0.878. The van der Waals surface area contributed by atoms with Crippen LogP contribution in [0.25, 0.3) is 0 Å². The molecule has 1 saturated carbocycles. The first-order valence-electron chi connectivity index (χ1n) is 6.72. The zero-order chi connectivity index (χ0) is 10.7. The van der Waals surface area contributed by atoms with Crippen LogP contribution < -0.4 is 5.32 Å². The van der Waals surface area contributed by atoms with E-state index in [1.165, 1.54) is 52.0 Å². The van der Waals surface area contributed by atoms with E-state index in [1.54, 1.807) is 0 Å². The van der Waals surface area contributed by atoms with Gasteiger partial charge in [-0.3, -0.25) is 0 Å². The molecule has 2 fully saturated rings. The van der Waals surface area contributed by atoms with E-state index in [9.17, 15) is 0 Å². The Kier molecular flexibility index (Phi) is 4.04. The van der Waals surface area contributed by atoms with Crippen molar-refractivity contribution in [2.24, 2.45) is 17.8 Å². The van der Waals surface area contributed by atoms with E-state index >= 15 is 0 Å². The Morgan fingerprint density at radius 3 is 2.53 bits per heavy atom. The number of nitrogens with zero attached hydrogens (tertiary/aromatic N) is 1. The Bertz CT molecular complexity index is 189. The molecule has 0 bridgehead atoms. The lowest BCUT2D eigenvalue weighted by Gasteiger charge is -2.26. The first kappa shape index (κ1) is 11.4. The molecule has 1 aliphatic carbocycles. The normalized spacial score (nSPS) is 31.4. The van der Waals surface area contributed by atoms with Gasteiger partial charge in [-0.15, -0.1) is 0 Å². The summed E-state index contributed by atoms with van der Waals surface area (Å²) in [5, 5.41) is 3.51. The summed E-state index contributed by atoms with van der Waals surface area (Å²) >= 11 is 0. The average Bonchev–Trinajstić information content (AvgIpc) is 2.92. The molecule has 1 N–H and O–H groups in total. The molecule has 0 amide bonds. The number of rotatable bonds is 6. The van der Waals surface area contributed by atoms with E-state index in [1.807, 2.05) is 0 Å². The van der Waals surface area contributed by atoms with Crippen LogP contribution in [0, 0.1) is 17.8 Å². The second-order valence-electron chi connectivity index (χ2n) is 5.60. The van der Waals surface area contributed by atoms with Gasteiger partial charge in [-0.05, 0) is 56.7 Å². The van der Waals surface area contributed by atoms with Crippen LogP contribution in [0.1, 0.15) is 33.1 Å². The lowest BCUT2D eigenvalue weighted by Crippen LogP contribution is -2.34. The third-order valence-corrected chi connectivity index (χ3v) is 3.92. The Morgan fingerprint density at radius 1 is 1.20 bits per heavy atom. The summed E-state index contributed by atoms with van der Waals surface area (Å²) in [6.45, 7) is 11.2. The first-order valence-corrected chi connectivity index (χ1v) is 6.72. The summed E-state index contributed by atoms with van der Waals surface area (Å²) < 4.78 is 0. The maximum atomic E-state index is 3.51. The lowest BCUT2D eigenvalue weighted by atomic mass is 9.97. The van der Waals surface area contributed by atoms with Crippen molar-refractivity contribution >= 4 is 0 Å². The molecule has 1 saturated heterocycles. The van der Waals surface area contributed by atoms with Crippen LogP contribution >= 0.6 is 0 Å². The highest BCUT2D eigenvalue weighted by molar-refractivity contribution is 4.83. The van der Waals surface area contributed by atoms with E-state index in [0.717, 1.165) is 17.8 Å². The Hall–Kier alpha value is -0.0800. The highest BCUT2D eigenvalue weighted by Crippen LogP contribution is 2.30. The molecule has 2 heteroatoms. The van der Waals surface area contributed by atoms with Gasteiger partial charge in [-0.25, -0.2) is 0 Å². The molecule has 0 aromatic heterocycles. The van der Waals surface area contributed by atoms with Crippen molar-refractivity contribution in [1.82, 2.24) is 10.2 Å². The largest absolute Gasteiger partial charge is 0.316 e. The van der Waals surface area contributed by atoms with Crippen LogP contribution in [-0.4, -0.2) is 37.6 Å². The molecule has 0 aromatic carbocycles. The predicted molar refractivity (Wildman–Crippen MR) is 65.0 cm³/mol. The van der Waals surface area contributed by atoms with Gasteiger partial charge in [0.05, 0.1) is 0 Å². The van der Waals surface area contributed by atoms with Gasteiger partial charge in [-0.1, -0.05) is 13.8 Å². The SMILES string of the molecule is CCCN(CC1CC1)C[C@@H]1CNC[C@H]1C. The van der Waals surface area contributed by atoms with E-state index in [0.29, 0.717) is 0 Å². The van der Waals surface area contributed by atoms with Crippen molar-refractivity contribution in [3.8, 4) is 0 Å². The standard InChI is InChI=1S/C13H26N2/c1-3-6-15(9-12-4-5-12)10-13-8-14-7-11(13)2/h11-14H,3-10H2,1-2H3/t11-,13+/m1/s1. The Balaban J connectivity index is 1.76. The molecule has 15 heavy (non-hydrogen) atoms. The van der Waals surface area contributed by atoms with Crippen LogP contribution in [0.2, 0.25) is 0 Å². The van der Waals surface area contributed by atoms with Crippen molar-refractivity contribution in [2.45, 2.75) is 33.1 Å². The summed E-state index contributed by atoms with van der Waals surface area (Å²) in [7, 11) is 0. The molecular weight excluding hydrogens is 184 g/mol. The third kappa shape index (κ3) is 3.46. The Morgan fingerprint density at radius 2 is 2.00 bits per heavy atom. The van der Waals surface area contributed by atoms with Crippen LogP contribution in [0.3, 0.4) is 0 Å². The molecular formula is C13H26N2. The van der Waals surface area contributed by atoms with E-state index < -0.39 is 0 Å². The van der Waals surface area contributed by atoms with E-state index in [4.69, 9.17) is 0 Å². The van der Waals surface area contributed by atoms with Crippen LogP contribution in [0.4, 0.5) is 0 Å². The number of nitrogens with one attached hydrogen (secondary N) is 1. The van der Waals surface area contributed by atoms with Crippen LogP contribution in [0.5, 0.6) is 0 Å². The molecule has 0 unspecified atom stereocenters. The molecule has 2 nitrogen and oxygen atoms in total. The minimum atomic E-state index is 0.878. The zero-order valence-corrected chi connectivity index (χ0v) is 10.3. The molecule has 88 valence electrons. The summed E-state index contributed by atoms with van der Waals surface area (Å²) in [6, 6.07) is 0. The molecule has 2 atom stereocenters. The fraction of sp³-hybridized carbons (Fsp3) is 1.00. The topological polar surface area (TPSA) is 15.3 Å². The van der Waals surface area contributed by atoms with E-state index in [2.05, 4.69) is 24.1 Å². The van der Waals surface area contributed by atoms with E-state index in [-0.39, 0.29) is 0 Å². The maximum Gasteiger partial charge on any atom is 0.00249 e. The summed E-state index contributed by atoms with van der Waals surface area (Å²) in [4.78, 5) is 2.71. The molecule has 1 heterocycles. The van der Waals surface area contributed by atoms with Gasteiger partial charge in [0.25, 0.3) is 0 Å². The zero-order valence-electron chi connectivity index (χ0n) is 10.3. The van der Waals surface area contributed by atoms with Gasteiger partial charge in [0, 0.05) is 13.1 Å². The van der Waals surface area contributed by atoms with Crippen molar-refractivity contribution in [2.75, 3.05) is 32.7 Å². The fourth-order valence-corrected chi connectivity index (χ4v) is 2.68. The van der Waals surface area contributed by atoms with Gasteiger partial charge >= 0.3 is 0 Å². The maximum absolute atomic E-state index is 3.51. The number of hydrogen-bond acceptors (Lipinski definition) is 2. The fourth-order valence-electron chi connectivity index (χ4n) is 2.68. The molecule has 0 spiro atoms. The van der Waals surface area contributed by atoms with Crippen molar-refractivity contribution in [1.29, 1.82) is 0 Å². The highest BCUT2D eigenvalue weighted by Gasteiger charge is 2.28. The van der Waals surface area contributed by atoms with Gasteiger partial charge in [-0.2, -0.15) is 0 Å². The number of hydrogen-bond donors (Lipinski definition) is 1. The van der Waals surface area contributed by atoms with Crippen molar-refractivity contribution < 1.29 is 0 Å². The second-order valence-corrected chi connectivity index (χ2v) is 5.60. The predicted octanol–water partition coefficient (Wildman–Crippen LogP) is 1.96. The lowest BCUT2D eigenvalue weighted by molar-refractivity contribution is 0.211. The third-order valence-electron chi connectivity index (χ3n) is 3.92. The smallest absolute Gasteiger partial charge is 0.00249 e. The van der Waals surface area contributed by atoms with Crippen LogP contribution in [-0.2, 0) is 0 Å². The molecule has 2 aliphatic rings. The highest BCUT2D eigenvalue weighted by atomic mass is 15.1. The summed E-state index contributed by atoms with van der Waals surface area (Å²) in [6.07, 6.45) is 4.28. The molecule has 0 aromatic rings. The van der Waals surface area contributed by atoms with Crippen LogP contribution in [0.15, 0.2) is 0 Å². The molecule has 0 radical (unpaired) electrons. The molecule has 2 rings (SSSR count). The van der Waals surface area contributed by atoms with Gasteiger partial charge < -0.3 is 10.2 Å². The first-order chi connectivity index (χ1) is 7.29. The Labute approximate surface area is 94.4 Å². The summed E-state index contributed by atoms with van der Waals surface area (Å²) in [5.74, 6) is 2.82. The average molecular weight is 210 g/mol. The monoisotopic (exact) mass is 210 g/mol. The van der Waals surface area contributed by atoms with Gasteiger partial charge in [0.1, 0.15) is 0 Å². The molecule has 1 aliphatic heterocycles. The van der Waals surface area contributed by atoms with Crippen molar-refractivity contribution in [3.63, 3.8) is 0 Å². The second kappa shape index (κ2) is 5.31. The van der Waals surface area contributed by atoms with Gasteiger partial charge in [0.2, 0.25) is 0 Å². The van der Waals surface area contributed by atoms with Gasteiger partial charge in [0.15, 0.2) is 0 Å². The quantitative estimate of drug-likeness (QED) is 0.721. The summed E-state index contributed by atoms with van der Waals surface area (Å²) in [5.41, 5.74) is 0. The van der Waals surface area contributed by atoms with Crippen molar-refractivity contribution in [3.05, 3.63) is 0 Å². The minimum Gasteiger partial charge on any atom is -0.316 e.